The van der Waals surface area contributed by atoms with Crippen molar-refractivity contribution in [3.05, 3.63) is 33.2 Å². The van der Waals surface area contributed by atoms with Crippen molar-refractivity contribution in [2.75, 3.05) is 0 Å². The fourth-order valence-corrected chi connectivity index (χ4v) is 1.10. The second-order valence-electron chi connectivity index (χ2n) is 2.61. The van der Waals surface area contributed by atoms with E-state index in [1.165, 1.54) is 0 Å². The highest BCUT2D eigenvalue weighted by Gasteiger charge is 2.16. The Kier molecular flexibility index (Phi) is 3.08. The maximum atomic E-state index is 12.4. The van der Waals surface area contributed by atoms with Crippen molar-refractivity contribution in [1.29, 1.82) is 0 Å². The molecule has 1 heterocycles. The number of carbonyl (C=O) groups is 1. The summed E-state index contributed by atoms with van der Waals surface area (Å²) in [7, 11) is 0. The lowest BCUT2D eigenvalue weighted by Gasteiger charge is -2.05. The largest absolute Gasteiger partial charge is 0.326 e. The number of carbonyl (C=O) groups excluding carboxylic acids is 1. The first-order chi connectivity index (χ1) is 6.60. The predicted molar refractivity (Wildman–Crippen MR) is 45.3 cm³/mol. The maximum absolute atomic E-state index is 12.4. The van der Waals surface area contributed by atoms with Gasteiger partial charge >= 0.3 is 0 Å². The van der Waals surface area contributed by atoms with Crippen LogP contribution in [0.2, 0.25) is 0 Å². The summed E-state index contributed by atoms with van der Waals surface area (Å²) in [6.07, 6.45) is -2.51. The van der Waals surface area contributed by atoms with E-state index in [0.29, 0.717) is 6.29 Å². The number of hydrogen-bond donors (Lipinski definition) is 2. The van der Waals surface area contributed by atoms with Gasteiger partial charge in [0.05, 0.1) is 5.69 Å². The van der Waals surface area contributed by atoms with E-state index in [2.05, 4.69) is 4.98 Å². The molecule has 6 heteroatoms. The molecule has 4 nitrogen and oxygen atoms in total. The molecule has 1 rings (SSSR count). The topological polar surface area (TPSA) is 76.0 Å². The average Bonchev–Trinajstić information content (AvgIpc) is 2.16. The summed E-state index contributed by atoms with van der Waals surface area (Å²) in [6, 6.07) is 0.932. The Morgan fingerprint density at radius 3 is 2.64 bits per heavy atom. The van der Waals surface area contributed by atoms with Gasteiger partial charge in [-0.05, 0) is 6.07 Å². The number of hydrogen-bond acceptors (Lipinski definition) is 3. The van der Waals surface area contributed by atoms with Crippen LogP contribution in [0.5, 0.6) is 0 Å². The van der Waals surface area contributed by atoms with Gasteiger partial charge in [0.15, 0.2) is 6.29 Å². The van der Waals surface area contributed by atoms with E-state index >= 15 is 0 Å². The number of aromatic amines is 1. The van der Waals surface area contributed by atoms with E-state index in [-0.39, 0.29) is 17.8 Å². The highest BCUT2D eigenvalue weighted by Crippen LogP contribution is 2.20. The highest BCUT2D eigenvalue weighted by atomic mass is 19.3. The number of alkyl halides is 2. The molecule has 0 bridgehead atoms. The molecule has 0 fully saturated rings. The van der Waals surface area contributed by atoms with Crippen molar-refractivity contribution >= 4 is 6.29 Å². The van der Waals surface area contributed by atoms with E-state index in [1.54, 1.807) is 0 Å². The molecule has 0 aromatic carbocycles. The summed E-state index contributed by atoms with van der Waals surface area (Å²) in [4.78, 5) is 23.5. The molecule has 0 amide bonds. The van der Waals surface area contributed by atoms with Crippen LogP contribution in [0, 0.1) is 0 Å². The maximum Gasteiger partial charge on any atom is 0.264 e. The average molecular weight is 202 g/mol. The Hall–Kier alpha value is -1.56. The van der Waals surface area contributed by atoms with E-state index < -0.39 is 17.5 Å². The van der Waals surface area contributed by atoms with E-state index in [0.717, 1.165) is 6.07 Å². The monoisotopic (exact) mass is 202 g/mol. The smallest absolute Gasteiger partial charge is 0.264 e. The van der Waals surface area contributed by atoms with Crippen LogP contribution in [0.1, 0.15) is 28.0 Å². The lowest BCUT2D eigenvalue weighted by Crippen LogP contribution is -2.20. The fourth-order valence-electron chi connectivity index (χ4n) is 1.10. The zero-order valence-corrected chi connectivity index (χ0v) is 7.09. The number of nitrogens with two attached hydrogens (primary N) is 1. The van der Waals surface area contributed by atoms with Crippen molar-refractivity contribution in [3.8, 4) is 0 Å². The number of rotatable bonds is 3. The number of aromatic nitrogens is 1. The quantitative estimate of drug-likeness (QED) is 0.704. The molecule has 0 saturated heterocycles. The molecule has 0 atom stereocenters. The first-order valence-electron chi connectivity index (χ1n) is 3.79. The highest BCUT2D eigenvalue weighted by molar-refractivity contribution is 5.72. The molecule has 0 radical (unpaired) electrons. The Morgan fingerprint density at radius 2 is 2.21 bits per heavy atom. The van der Waals surface area contributed by atoms with Gasteiger partial charge in [-0.2, -0.15) is 0 Å². The molecule has 0 aliphatic heterocycles. The number of aldehydes is 1. The van der Waals surface area contributed by atoms with Crippen molar-refractivity contribution < 1.29 is 13.6 Å². The normalized spacial score (nSPS) is 10.6. The molecule has 3 N–H and O–H groups in total. The lowest BCUT2D eigenvalue weighted by atomic mass is 10.1. The first kappa shape index (κ1) is 10.5. The summed E-state index contributed by atoms with van der Waals surface area (Å²) in [6.45, 7) is -0.284. The zero-order chi connectivity index (χ0) is 10.7. The number of nitrogens with one attached hydrogen (secondary N) is 1. The van der Waals surface area contributed by atoms with Gasteiger partial charge in [0, 0.05) is 17.7 Å². The number of pyridine rings is 1. The van der Waals surface area contributed by atoms with Crippen molar-refractivity contribution in [2.45, 2.75) is 13.0 Å². The summed E-state index contributed by atoms with van der Waals surface area (Å²) in [5.41, 5.74) is 3.54. The third kappa shape index (κ3) is 1.85. The van der Waals surface area contributed by atoms with Gasteiger partial charge < -0.3 is 10.7 Å². The number of H-pyrrole nitrogens is 1. The molecule has 0 saturated carbocycles. The van der Waals surface area contributed by atoms with Gasteiger partial charge in [0.1, 0.15) is 0 Å². The molecule has 14 heavy (non-hydrogen) atoms. The fraction of sp³-hybridized carbons (Fsp3) is 0.250. The van der Waals surface area contributed by atoms with Gasteiger partial charge in [0.25, 0.3) is 12.0 Å². The van der Waals surface area contributed by atoms with Crippen molar-refractivity contribution in [2.24, 2.45) is 5.73 Å². The molecule has 0 unspecified atom stereocenters. The minimum absolute atomic E-state index is 0.178. The van der Waals surface area contributed by atoms with Crippen LogP contribution in [-0.4, -0.2) is 11.3 Å². The van der Waals surface area contributed by atoms with Crippen LogP contribution >= 0.6 is 0 Å². The second-order valence-corrected chi connectivity index (χ2v) is 2.61. The van der Waals surface area contributed by atoms with Crippen molar-refractivity contribution in [3.63, 3.8) is 0 Å². The van der Waals surface area contributed by atoms with Crippen LogP contribution in [0.15, 0.2) is 10.9 Å². The van der Waals surface area contributed by atoms with Gasteiger partial charge in [-0.3, -0.25) is 9.59 Å². The van der Waals surface area contributed by atoms with Crippen LogP contribution in [-0.2, 0) is 6.54 Å². The van der Waals surface area contributed by atoms with E-state index in [9.17, 15) is 18.4 Å². The Labute approximate surface area is 77.7 Å². The third-order valence-electron chi connectivity index (χ3n) is 1.76. The molecular weight excluding hydrogens is 194 g/mol. The minimum atomic E-state index is -2.81. The Morgan fingerprint density at radius 1 is 1.57 bits per heavy atom. The van der Waals surface area contributed by atoms with Gasteiger partial charge in [-0.15, -0.1) is 0 Å². The summed E-state index contributed by atoms with van der Waals surface area (Å²) >= 11 is 0. The van der Waals surface area contributed by atoms with Crippen LogP contribution < -0.4 is 11.3 Å². The van der Waals surface area contributed by atoms with Gasteiger partial charge in [0.2, 0.25) is 0 Å². The van der Waals surface area contributed by atoms with Gasteiger partial charge in [-0.25, -0.2) is 8.78 Å². The summed E-state index contributed by atoms with van der Waals surface area (Å²) in [5.74, 6) is 0. The molecule has 76 valence electrons. The van der Waals surface area contributed by atoms with Crippen LogP contribution in [0.25, 0.3) is 0 Å². The molecule has 0 aliphatic carbocycles. The molecule has 1 aromatic heterocycles. The van der Waals surface area contributed by atoms with Crippen LogP contribution in [0.3, 0.4) is 0 Å². The van der Waals surface area contributed by atoms with Gasteiger partial charge in [-0.1, -0.05) is 0 Å². The molecule has 1 aromatic rings. The third-order valence-corrected chi connectivity index (χ3v) is 1.76. The lowest BCUT2D eigenvalue weighted by molar-refractivity contribution is 0.111. The van der Waals surface area contributed by atoms with Crippen LogP contribution in [0.4, 0.5) is 8.78 Å². The SMILES string of the molecule is NCc1c(C(F)F)cc(C=O)[nH]c1=O. The second kappa shape index (κ2) is 4.10. The standard InChI is InChI=1S/C8H8F2N2O2/c9-7(10)5-1-4(3-13)12-8(14)6(5)2-11/h1,3,7H,2,11H2,(H,12,14). The number of halogens is 2. The summed E-state index contributed by atoms with van der Waals surface area (Å²) < 4.78 is 24.8. The molecular formula is C8H8F2N2O2. The molecule has 0 spiro atoms. The predicted octanol–water partition coefficient (Wildman–Crippen LogP) is 0.584. The van der Waals surface area contributed by atoms with E-state index in [1.807, 2.05) is 0 Å². The minimum Gasteiger partial charge on any atom is -0.326 e. The first-order valence-corrected chi connectivity index (χ1v) is 3.79. The van der Waals surface area contributed by atoms with Crippen molar-refractivity contribution in [1.82, 2.24) is 4.98 Å². The summed E-state index contributed by atoms with van der Waals surface area (Å²) in [5, 5.41) is 0. The van der Waals surface area contributed by atoms with E-state index in [4.69, 9.17) is 5.73 Å². The Balaban J connectivity index is 3.43. The Bertz CT molecular complexity index is 401. The molecule has 0 aliphatic rings. The zero-order valence-electron chi connectivity index (χ0n) is 7.09.